The molecule has 218 valence electrons. The number of aliphatic hydroxyl groups is 2. The number of aliphatic hydroxyl groups excluding tert-OH is 2. The Labute approximate surface area is 235 Å². The SMILES string of the molecule is CCOC(=O)N1C2CC(C(C)=Cc3csc(C)n3)OC(=O)C[C@H](O)C(C)(C)C(=O)[C@H](C)[C@@H](O)[C@@H](C)CCC[C@H]21. The Hall–Kier alpha value is -2.30. The van der Waals surface area contributed by atoms with Gasteiger partial charge in [0.1, 0.15) is 11.9 Å². The van der Waals surface area contributed by atoms with Crippen molar-refractivity contribution < 1.29 is 34.1 Å². The van der Waals surface area contributed by atoms with Crippen LogP contribution in [0, 0.1) is 24.2 Å². The highest BCUT2D eigenvalue weighted by Crippen LogP contribution is 2.40. The average molecular weight is 565 g/mol. The van der Waals surface area contributed by atoms with E-state index < -0.39 is 41.7 Å². The summed E-state index contributed by atoms with van der Waals surface area (Å²) in [4.78, 5) is 45.3. The Morgan fingerprint density at radius 2 is 1.95 bits per heavy atom. The van der Waals surface area contributed by atoms with Gasteiger partial charge in [-0.05, 0) is 51.2 Å². The van der Waals surface area contributed by atoms with Gasteiger partial charge in [-0.15, -0.1) is 11.3 Å². The van der Waals surface area contributed by atoms with Gasteiger partial charge in [0, 0.05) is 17.7 Å². The van der Waals surface area contributed by atoms with Crippen LogP contribution in [-0.4, -0.2) is 74.9 Å². The van der Waals surface area contributed by atoms with Gasteiger partial charge in [0.2, 0.25) is 0 Å². The number of carbonyl (C=O) groups is 3. The molecule has 2 aliphatic rings. The van der Waals surface area contributed by atoms with Crippen LogP contribution in [0.1, 0.15) is 84.3 Å². The summed E-state index contributed by atoms with van der Waals surface area (Å²) in [5, 5.41) is 24.7. The Morgan fingerprint density at radius 3 is 2.56 bits per heavy atom. The van der Waals surface area contributed by atoms with Crippen LogP contribution < -0.4 is 0 Å². The van der Waals surface area contributed by atoms with Gasteiger partial charge >= 0.3 is 12.1 Å². The number of hydrogen-bond acceptors (Lipinski definition) is 9. The van der Waals surface area contributed by atoms with Crippen molar-refractivity contribution in [2.24, 2.45) is 17.3 Å². The number of rotatable bonds is 3. The summed E-state index contributed by atoms with van der Waals surface area (Å²) in [6.07, 6.45) is 0.824. The average Bonchev–Trinajstić information content (AvgIpc) is 3.39. The molecule has 2 fully saturated rings. The van der Waals surface area contributed by atoms with E-state index in [1.54, 1.807) is 32.6 Å². The zero-order valence-electron chi connectivity index (χ0n) is 24.2. The number of amides is 1. The molecule has 3 heterocycles. The van der Waals surface area contributed by atoms with Crippen LogP contribution in [0.25, 0.3) is 6.08 Å². The number of Topliss-reactive ketones (excluding diaryl/α,β-unsaturated/α-hetero) is 1. The van der Waals surface area contributed by atoms with Crippen molar-refractivity contribution in [1.82, 2.24) is 9.88 Å². The third-order valence-electron chi connectivity index (χ3n) is 8.29. The largest absolute Gasteiger partial charge is 0.458 e. The number of aryl methyl sites for hydroxylation is 1. The van der Waals surface area contributed by atoms with E-state index in [4.69, 9.17) is 9.47 Å². The summed E-state index contributed by atoms with van der Waals surface area (Å²) in [6, 6.07) is -0.238. The predicted molar refractivity (Wildman–Crippen MR) is 149 cm³/mol. The minimum atomic E-state index is -1.29. The second kappa shape index (κ2) is 12.9. The first-order chi connectivity index (χ1) is 18.3. The first-order valence-corrected chi connectivity index (χ1v) is 14.8. The fraction of sp³-hybridized carbons (Fsp3) is 0.724. The van der Waals surface area contributed by atoms with Gasteiger partial charge in [-0.2, -0.15) is 0 Å². The number of aromatic nitrogens is 1. The minimum Gasteiger partial charge on any atom is -0.458 e. The van der Waals surface area contributed by atoms with Crippen LogP contribution in [-0.2, 0) is 19.1 Å². The standard InChI is InChI=1S/C29H44N2O7S/c1-8-37-28(36)31-21-11-9-10-16(2)26(34)18(4)27(35)29(6,7)24(32)14-25(33)38-23(13-22(21)31)17(3)12-20-15-39-19(5)30-20/h12,15-16,18,21-24,26,32,34H,8-11,13-14H2,1-7H3/t16-,18+,21+,22?,23?,24-,26-,31?/m0/s1. The van der Waals surface area contributed by atoms with Crippen LogP contribution in [0.4, 0.5) is 4.79 Å². The molecule has 3 rings (SSSR count). The fourth-order valence-electron chi connectivity index (χ4n) is 5.56. The fourth-order valence-corrected chi connectivity index (χ4v) is 6.13. The molecular formula is C29H44N2O7S. The molecular weight excluding hydrogens is 520 g/mol. The monoisotopic (exact) mass is 564 g/mol. The quantitative estimate of drug-likeness (QED) is 0.405. The van der Waals surface area contributed by atoms with Crippen molar-refractivity contribution in [1.29, 1.82) is 0 Å². The first-order valence-electron chi connectivity index (χ1n) is 13.9. The lowest BCUT2D eigenvalue weighted by molar-refractivity contribution is -0.154. The molecule has 10 heteroatoms. The molecule has 2 N–H and O–H groups in total. The highest BCUT2D eigenvalue weighted by molar-refractivity contribution is 7.09. The molecule has 1 aromatic heterocycles. The molecule has 9 nitrogen and oxygen atoms in total. The maximum absolute atomic E-state index is 13.3. The van der Waals surface area contributed by atoms with E-state index in [2.05, 4.69) is 4.98 Å². The zero-order chi connectivity index (χ0) is 29.1. The van der Waals surface area contributed by atoms with Gasteiger partial charge in [-0.3, -0.25) is 14.5 Å². The van der Waals surface area contributed by atoms with Crippen molar-refractivity contribution in [2.75, 3.05) is 6.61 Å². The van der Waals surface area contributed by atoms with E-state index in [9.17, 15) is 24.6 Å². The summed E-state index contributed by atoms with van der Waals surface area (Å²) in [6.45, 7) is 12.6. The molecule has 7 atom stereocenters. The number of nitrogens with zero attached hydrogens (tertiary/aromatic N) is 2. The lowest BCUT2D eigenvalue weighted by atomic mass is 9.73. The minimum absolute atomic E-state index is 0.0691. The Kier molecular flexibility index (Phi) is 10.3. The van der Waals surface area contributed by atoms with Crippen molar-refractivity contribution in [2.45, 2.75) is 111 Å². The number of cyclic esters (lactones) is 1. The van der Waals surface area contributed by atoms with Crippen LogP contribution in [0.5, 0.6) is 0 Å². The Balaban J connectivity index is 1.92. The van der Waals surface area contributed by atoms with E-state index in [1.807, 2.05) is 32.2 Å². The molecule has 0 spiro atoms. The van der Waals surface area contributed by atoms with E-state index in [1.165, 1.54) is 11.3 Å². The number of thiazole rings is 1. The van der Waals surface area contributed by atoms with Gasteiger partial charge in [0.05, 0.1) is 53.4 Å². The lowest BCUT2D eigenvalue weighted by Gasteiger charge is -2.34. The molecule has 39 heavy (non-hydrogen) atoms. The van der Waals surface area contributed by atoms with Crippen LogP contribution >= 0.6 is 11.3 Å². The topological polar surface area (TPSA) is 126 Å². The number of ether oxygens (including phenoxy) is 2. The molecule has 2 unspecified atom stereocenters. The summed E-state index contributed by atoms with van der Waals surface area (Å²) >= 11 is 1.52. The Bertz CT molecular complexity index is 1070. The molecule has 0 radical (unpaired) electrons. The van der Waals surface area contributed by atoms with Gasteiger partial charge in [0.15, 0.2) is 0 Å². The van der Waals surface area contributed by atoms with Crippen molar-refractivity contribution in [3.63, 3.8) is 0 Å². The van der Waals surface area contributed by atoms with E-state index in [0.29, 0.717) is 19.3 Å². The second-order valence-corrected chi connectivity index (χ2v) is 12.7. The number of esters is 1. The van der Waals surface area contributed by atoms with Crippen molar-refractivity contribution in [3.05, 3.63) is 21.7 Å². The van der Waals surface area contributed by atoms with E-state index in [0.717, 1.165) is 22.7 Å². The van der Waals surface area contributed by atoms with Gasteiger partial charge < -0.3 is 19.7 Å². The van der Waals surface area contributed by atoms with Gasteiger partial charge in [0.25, 0.3) is 0 Å². The molecule has 0 aliphatic carbocycles. The van der Waals surface area contributed by atoms with Crippen LogP contribution in [0.3, 0.4) is 0 Å². The second-order valence-electron chi connectivity index (χ2n) is 11.6. The highest BCUT2D eigenvalue weighted by atomic mass is 32.1. The summed E-state index contributed by atoms with van der Waals surface area (Å²) < 4.78 is 11.2. The van der Waals surface area contributed by atoms with Crippen LogP contribution in [0.2, 0.25) is 0 Å². The maximum atomic E-state index is 13.3. The summed E-state index contributed by atoms with van der Waals surface area (Å²) in [7, 11) is 0. The highest BCUT2D eigenvalue weighted by Gasteiger charge is 2.52. The third-order valence-corrected chi connectivity index (χ3v) is 9.09. The third kappa shape index (κ3) is 7.46. The van der Waals surface area contributed by atoms with Crippen molar-refractivity contribution >= 4 is 35.3 Å². The van der Waals surface area contributed by atoms with E-state index >= 15 is 0 Å². The number of ketones is 1. The first kappa shape index (κ1) is 31.2. The molecule has 0 aromatic carbocycles. The number of fused-ring (bicyclic) bond motifs is 1. The Morgan fingerprint density at radius 1 is 1.26 bits per heavy atom. The van der Waals surface area contributed by atoms with Crippen molar-refractivity contribution in [3.8, 4) is 0 Å². The molecule has 1 amide bonds. The van der Waals surface area contributed by atoms with Gasteiger partial charge in [-0.25, -0.2) is 9.78 Å². The normalized spacial score (nSPS) is 32.8. The molecule has 2 saturated heterocycles. The van der Waals surface area contributed by atoms with Crippen LogP contribution in [0.15, 0.2) is 11.0 Å². The molecule has 2 aliphatic heterocycles. The summed E-state index contributed by atoms with van der Waals surface area (Å²) in [5.41, 5.74) is 0.289. The number of hydrogen-bond donors (Lipinski definition) is 2. The smallest absolute Gasteiger partial charge is 0.410 e. The van der Waals surface area contributed by atoms with Gasteiger partial charge in [-0.1, -0.05) is 34.1 Å². The predicted octanol–water partition coefficient (Wildman–Crippen LogP) is 4.53. The summed E-state index contributed by atoms with van der Waals surface area (Å²) in [5.74, 6) is -1.79. The zero-order valence-corrected chi connectivity index (χ0v) is 25.0. The molecule has 1 aromatic rings. The maximum Gasteiger partial charge on any atom is 0.410 e. The molecule has 0 bridgehead atoms. The lowest BCUT2D eigenvalue weighted by Crippen LogP contribution is -2.45. The number of carbonyl (C=O) groups excluding carboxylic acids is 3. The molecule has 0 saturated carbocycles. The van der Waals surface area contributed by atoms with E-state index in [-0.39, 0.29) is 36.8 Å².